The molecule has 0 aliphatic heterocycles. The van der Waals surface area contributed by atoms with E-state index >= 15 is 0 Å². The molecule has 0 saturated heterocycles. The topological polar surface area (TPSA) is 56.7 Å². The smallest absolute Gasteiger partial charge is 0.262 e. The quantitative estimate of drug-likeness (QED) is 0.634. The van der Waals surface area contributed by atoms with E-state index in [2.05, 4.69) is 15.8 Å². The lowest BCUT2D eigenvalue weighted by Gasteiger charge is -2.13. The first kappa shape index (κ1) is 17.5. The number of hydrazone groups is 1. The van der Waals surface area contributed by atoms with Crippen LogP contribution in [0.25, 0.3) is 0 Å². The number of nitrogens with zero attached hydrogens (tertiary/aromatic N) is 2. The van der Waals surface area contributed by atoms with Crippen molar-refractivity contribution in [2.45, 2.75) is 19.9 Å². The van der Waals surface area contributed by atoms with Crippen molar-refractivity contribution in [3.63, 3.8) is 0 Å². The third-order valence-electron chi connectivity index (χ3n) is 3.63. The highest BCUT2D eigenvalue weighted by atomic mass is 16.2. The van der Waals surface area contributed by atoms with Crippen molar-refractivity contribution in [3.8, 4) is 0 Å². The van der Waals surface area contributed by atoms with Crippen LogP contribution in [0.2, 0.25) is 0 Å². The highest BCUT2D eigenvalue weighted by molar-refractivity contribution is 5.86. The third kappa shape index (κ3) is 5.12. The van der Waals surface area contributed by atoms with E-state index in [1.54, 1.807) is 13.1 Å². The van der Waals surface area contributed by atoms with Gasteiger partial charge in [-0.2, -0.15) is 5.10 Å². The van der Waals surface area contributed by atoms with Crippen molar-refractivity contribution in [2.75, 3.05) is 24.3 Å². The molecule has 2 aromatic carbocycles. The van der Waals surface area contributed by atoms with Crippen LogP contribution < -0.4 is 15.6 Å². The molecule has 24 heavy (non-hydrogen) atoms. The number of benzene rings is 2. The molecule has 1 amide bonds. The Labute approximate surface area is 143 Å². The molecule has 2 N–H and O–H groups in total. The largest absolute Gasteiger partial charge is 0.378 e. The molecular formula is C19H24N4O. The molecule has 1 atom stereocenters. The second kappa shape index (κ2) is 8.15. The molecule has 0 fully saturated rings. The number of carbonyl (C=O) groups is 1. The van der Waals surface area contributed by atoms with Gasteiger partial charge in [0.2, 0.25) is 0 Å². The molecule has 0 bridgehead atoms. The highest BCUT2D eigenvalue weighted by Crippen LogP contribution is 2.11. The Hall–Kier alpha value is -2.82. The Balaban J connectivity index is 1.86. The van der Waals surface area contributed by atoms with Crippen molar-refractivity contribution in [1.29, 1.82) is 0 Å². The zero-order valence-electron chi connectivity index (χ0n) is 14.6. The second-order valence-corrected chi connectivity index (χ2v) is 5.95. The molecule has 0 aliphatic carbocycles. The minimum atomic E-state index is -0.374. The lowest BCUT2D eigenvalue weighted by molar-refractivity contribution is -0.121. The Bertz CT molecular complexity index is 690. The standard InChI is InChI=1S/C19H24N4O/c1-14-5-9-17(10-6-14)21-15(2)19(24)22-20-13-16-7-11-18(12-8-16)23(3)4/h5-13,15,21H,1-4H3,(H,22,24)/t15-/m0/s1. The van der Waals surface area contributed by atoms with Crippen LogP contribution in [0.3, 0.4) is 0 Å². The van der Waals surface area contributed by atoms with Gasteiger partial charge in [0.15, 0.2) is 0 Å². The predicted molar refractivity (Wildman–Crippen MR) is 101 cm³/mol. The normalized spacial score (nSPS) is 12.0. The maximum Gasteiger partial charge on any atom is 0.262 e. The summed E-state index contributed by atoms with van der Waals surface area (Å²) in [6.07, 6.45) is 1.63. The van der Waals surface area contributed by atoms with E-state index in [0.29, 0.717) is 0 Å². The van der Waals surface area contributed by atoms with E-state index < -0.39 is 0 Å². The fourth-order valence-corrected chi connectivity index (χ4v) is 2.09. The van der Waals surface area contributed by atoms with Crippen LogP contribution in [-0.4, -0.2) is 32.3 Å². The van der Waals surface area contributed by atoms with Gasteiger partial charge >= 0.3 is 0 Å². The molecule has 0 radical (unpaired) electrons. The van der Waals surface area contributed by atoms with Crippen molar-refractivity contribution < 1.29 is 4.79 Å². The number of nitrogens with one attached hydrogen (secondary N) is 2. The predicted octanol–water partition coefficient (Wildman–Crippen LogP) is 3.01. The number of hydrogen-bond acceptors (Lipinski definition) is 4. The first-order valence-corrected chi connectivity index (χ1v) is 7.89. The zero-order chi connectivity index (χ0) is 17.5. The number of anilines is 2. The number of carbonyl (C=O) groups excluding carboxylic acids is 1. The molecule has 0 saturated carbocycles. The van der Waals surface area contributed by atoms with Gasteiger partial charge in [-0.05, 0) is 43.7 Å². The number of aryl methyl sites for hydroxylation is 1. The fourth-order valence-electron chi connectivity index (χ4n) is 2.09. The first-order chi connectivity index (χ1) is 11.5. The molecular weight excluding hydrogens is 300 g/mol. The van der Waals surface area contributed by atoms with Gasteiger partial charge in [0, 0.05) is 25.5 Å². The van der Waals surface area contributed by atoms with Crippen LogP contribution >= 0.6 is 0 Å². The minimum Gasteiger partial charge on any atom is -0.378 e. The Kier molecular flexibility index (Phi) is 5.95. The maximum absolute atomic E-state index is 12.1. The van der Waals surface area contributed by atoms with Crippen molar-refractivity contribution >= 4 is 23.5 Å². The summed E-state index contributed by atoms with van der Waals surface area (Å²) in [4.78, 5) is 14.1. The summed E-state index contributed by atoms with van der Waals surface area (Å²) in [5.74, 6) is -0.184. The van der Waals surface area contributed by atoms with Crippen molar-refractivity contribution in [3.05, 3.63) is 59.7 Å². The Morgan fingerprint density at radius 3 is 2.29 bits per heavy atom. The monoisotopic (exact) mass is 324 g/mol. The van der Waals surface area contributed by atoms with Gasteiger partial charge in [0.05, 0.1) is 6.21 Å². The molecule has 2 aromatic rings. The summed E-state index contributed by atoms with van der Waals surface area (Å²) in [5.41, 5.74) is 6.70. The molecule has 0 heterocycles. The van der Waals surface area contributed by atoms with Gasteiger partial charge in [-0.3, -0.25) is 4.79 Å². The van der Waals surface area contributed by atoms with Gasteiger partial charge in [-0.1, -0.05) is 29.8 Å². The minimum absolute atomic E-state index is 0.184. The fraction of sp³-hybridized carbons (Fsp3) is 0.263. The molecule has 5 heteroatoms. The van der Waals surface area contributed by atoms with Gasteiger partial charge in [0.25, 0.3) is 5.91 Å². The van der Waals surface area contributed by atoms with Gasteiger partial charge in [0.1, 0.15) is 6.04 Å². The zero-order valence-corrected chi connectivity index (χ0v) is 14.6. The molecule has 0 unspecified atom stereocenters. The van der Waals surface area contributed by atoms with Crippen LogP contribution in [0, 0.1) is 6.92 Å². The summed E-state index contributed by atoms with van der Waals surface area (Å²) < 4.78 is 0. The summed E-state index contributed by atoms with van der Waals surface area (Å²) in [7, 11) is 3.98. The van der Waals surface area contributed by atoms with E-state index in [4.69, 9.17) is 0 Å². The highest BCUT2D eigenvalue weighted by Gasteiger charge is 2.11. The van der Waals surface area contributed by atoms with E-state index in [-0.39, 0.29) is 11.9 Å². The van der Waals surface area contributed by atoms with Crippen molar-refractivity contribution in [1.82, 2.24) is 5.43 Å². The summed E-state index contributed by atoms with van der Waals surface area (Å²) in [6.45, 7) is 3.83. The molecule has 0 aliphatic rings. The second-order valence-electron chi connectivity index (χ2n) is 5.95. The lowest BCUT2D eigenvalue weighted by atomic mass is 10.2. The Morgan fingerprint density at radius 1 is 1.08 bits per heavy atom. The van der Waals surface area contributed by atoms with Crippen LogP contribution in [-0.2, 0) is 4.79 Å². The van der Waals surface area contributed by atoms with Crippen LogP contribution in [0.1, 0.15) is 18.1 Å². The van der Waals surface area contributed by atoms with Gasteiger partial charge < -0.3 is 10.2 Å². The van der Waals surface area contributed by atoms with E-state index in [1.165, 1.54) is 5.56 Å². The first-order valence-electron chi connectivity index (χ1n) is 7.89. The molecule has 0 spiro atoms. The van der Waals surface area contributed by atoms with E-state index in [0.717, 1.165) is 16.9 Å². The van der Waals surface area contributed by atoms with Gasteiger partial charge in [-0.15, -0.1) is 0 Å². The summed E-state index contributed by atoms with van der Waals surface area (Å²) >= 11 is 0. The van der Waals surface area contributed by atoms with Crippen molar-refractivity contribution in [2.24, 2.45) is 5.10 Å². The maximum atomic E-state index is 12.1. The summed E-state index contributed by atoms with van der Waals surface area (Å²) in [5, 5.41) is 7.16. The SMILES string of the molecule is Cc1ccc(N[C@@H](C)C(=O)NN=Cc2ccc(N(C)C)cc2)cc1. The average Bonchev–Trinajstić information content (AvgIpc) is 2.57. The van der Waals surface area contributed by atoms with Crippen LogP contribution in [0.15, 0.2) is 53.6 Å². The van der Waals surface area contributed by atoms with Gasteiger partial charge in [-0.25, -0.2) is 5.43 Å². The molecule has 5 nitrogen and oxygen atoms in total. The lowest BCUT2D eigenvalue weighted by Crippen LogP contribution is -2.34. The Morgan fingerprint density at radius 2 is 1.71 bits per heavy atom. The van der Waals surface area contributed by atoms with Crippen LogP contribution in [0.4, 0.5) is 11.4 Å². The molecule has 2 rings (SSSR count). The van der Waals surface area contributed by atoms with Crippen LogP contribution in [0.5, 0.6) is 0 Å². The number of rotatable bonds is 6. The third-order valence-corrected chi connectivity index (χ3v) is 3.63. The molecule has 126 valence electrons. The number of hydrogen-bond donors (Lipinski definition) is 2. The molecule has 0 aromatic heterocycles. The summed E-state index contributed by atoms with van der Waals surface area (Å²) in [6, 6.07) is 15.5. The van der Waals surface area contributed by atoms with E-state index in [9.17, 15) is 4.79 Å². The average molecular weight is 324 g/mol. The van der Waals surface area contributed by atoms with E-state index in [1.807, 2.05) is 74.4 Å². The number of amides is 1.